The third-order valence-corrected chi connectivity index (χ3v) is 3.98. The number of nitrogens with one attached hydrogen (secondary N) is 5. The summed E-state index contributed by atoms with van der Waals surface area (Å²) in [7, 11) is 0. The van der Waals surface area contributed by atoms with E-state index in [9.17, 15) is 33.6 Å². The highest BCUT2D eigenvalue weighted by molar-refractivity contribution is 6.03. The summed E-state index contributed by atoms with van der Waals surface area (Å²) in [5, 5.41) is 20.1. The van der Waals surface area contributed by atoms with Crippen LogP contribution in [0, 0.1) is 0 Å². The topological polar surface area (TPSA) is 218 Å². The first-order valence-corrected chi connectivity index (χ1v) is 11.9. The van der Waals surface area contributed by atoms with Crippen LogP contribution in [0.2, 0.25) is 0 Å². The lowest BCUT2D eigenvalue weighted by Crippen LogP contribution is -2.51. The zero-order chi connectivity index (χ0) is 30.5. The number of hydrogen-bond donors (Lipinski definition) is 6. The van der Waals surface area contributed by atoms with Crippen LogP contribution in [0.3, 0.4) is 0 Å². The highest BCUT2D eigenvalue weighted by atomic mass is 16.6. The van der Waals surface area contributed by atoms with E-state index in [1.165, 1.54) is 20.8 Å². The molecule has 1 atom stereocenters. The van der Waals surface area contributed by atoms with Gasteiger partial charge in [-0.1, -0.05) is 13.2 Å². The van der Waals surface area contributed by atoms with E-state index >= 15 is 0 Å². The van der Waals surface area contributed by atoms with Crippen molar-refractivity contribution < 1.29 is 48.1 Å². The van der Waals surface area contributed by atoms with Crippen LogP contribution >= 0.6 is 0 Å². The van der Waals surface area contributed by atoms with Gasteiger partial charge in [-0.2, -0.15) is 0 Å². The van der Waals surface area contributed by atoms with Crippen LogP contribution in [0.15, 0.2) is 24.3 Å². The van der Waals surface area contributed by atoms with Gasteiger partial charge in [-0.25, -0.2) is 9.59 Å². The number of ether oxygens (including phenoxy) is 2. The van der Waals surface area contributed by atoms with Crippen LogP contribution in [0.1, 0.15) is 34.6 Å². The van der Waals surface area contributed by atoms with Gasteiger partial charge in [0.1, 0.15) is 0 Å². The zero-order valence-corrected chi connectivity index (χ0v) is 22.9. The van der Waals surface area contributed by atoms with Crippen molar-refractivity contribution in [1.29, 1.82) is 0 Å². The van der Waals surface area contributed by atoms with Gasteiger partial charge in [0.25, 0.3) is 0 Å². The third kappa shape index (κ3) is 19.5. The number of esters is 2. The predicted octanol–water partition coefficient (Wildman–Crippen LogP) is -2.42. The van der Waals surface area contributed by atoms with Crippen molar-refractivity contribution in [3.8, 4) is 0 Å². The van der Waals surface area contributed by atoms with Crippen molar-refractivity contribution >= 4 is 41.5 Å². The van der Waals surface area contributed by atoms with Gasteiger partial charge in [0.15, 0.2) is 0 Å². The second kappa shape index (κ2) is 20.7. The average molecular weight is 558 g/mol. The molecule has 0 rings (SSSR count). The number of amides is 5. The Morgan fingerprint density at radius 3 is 1.46 bits per heavy atom. The molecule has 0 radical (unpaired) electrons. The lowest BCUT2D eigenvalue weighted by Gasteiger charge is -2.16. The second-order valence-corrected chi connectivity index (χ2v) is 7.86. The van der Waals surface area contributed by atoms with E-state index in [1.807, 2.05) is 0 Å². The Labute approximate surface area is 227 Å². The molecule has 0 aromatic carbocycles. The minimum Gasteiger partial charge on any atom is -0.464 e. The Balaban J connectivity index is 0. The maximum Gasteiger partial charge on any atom is 0.340 e. The van der Waals surface area contributed by atoms with Crippen molar-refractivity contribution in [2.45, 2.75) is 46.8 Å². The summed E-state index contributed by atoms with van der Waals surface area (Å²) in [4.78, 5) is 80.5. The largest absolute Gasteiger partial charge is 0.464 e. The fraction of sp³-hybridized carbons (Fsp3) is 0.542. The summed E-state index contributed by atoms with van der Waals surface area (Å²) in [5.74, 6) is -4.86. The van der Waals surface area contributed by atoms with Gasteiger partial charge in [0.2, 0.25) is 35.6 Å². The number of rotatable bonds is 15. The SMILES string of the molecule is C=C(C)C(=O)NCC(=O)NCC(=O)NCC(=O)NC(C(=O)OCC)C(=O)OCC.C=C(C)C(=O)NCC(C)O. The van der Waals surface area contributed by atoms with Crippen molar-refractivity contribution in [3.63, 3.8) is 0 Å². The zero-order valence-electron chi connectivity index (χ0n) is 22.9. The minimum absolute atomic E-state index is 0.00609. The molecule has 1 unspecified atom stereocenters. The minimum atomic E-state index is -1.66. The molecule has 0 aliphatic heterocycles. The first-order chi connectivity index (χ1) is 18.2. The predicted molar refractivity (Wildman–Crippen MR) is 139 cm³/mol. The number of hydrogen-bond acceptors (Lipinski definition) is 10. The molecule has 0 aliphatic carbocycles. The molecule has 0 aliphatic rings. The quantitative estimate of drug-likeness (QED) is 0.0711. The van der Waals surface area contributed by atoms with Gasteiger partial charge >= 0.3 is 11.9 Å². The molecule has 6 N–H and O–H groups in total. The Bertz CT molecular complexity index is 899. The molecule has 0 spiro atoms. The summed E-state index contributed by atoms with van der Waals surface area (Å²) in [6.45, 7) is 13.5. The summed E-state index contributed by atoms with van der Waals surface area (Å²) < 4.78 is 9.39. The third-order valence-electron chi connectivity index (χ3n) is 3.98. The van der Waals surface area contributed by atoms with Crippen LogP contribution in [-0.2, 0) is 43.0 Å². The highest BCUT2D eigenvalue weighted by Gasteiger charge is 2.31. The maximum atomic E-state index is 11.9. The van der Waals surface area contributed by atoms with Crippen LogP contribution in [0.4, 0.5) is 0 Å². The van der Waals surface area contributed by atoms with E-state index in [4.69, 9.17) is 14.6 Å². The standard InChI is InChI=1S/C17H26N4O8.C7H13NO2/c1-5-28-16(26)14(17(27)29-6-2)21-13(24)9-19-11(22)7-18-12(23)8-20-15(25)10(3)4;1-5(2)7(10)8-4-6(3)9/h14H,3,5-9H2,1-2,4H3,(H,18,23)(H,19,22)(H,20,25)(H,21,24);6,9H,1,4H2,2-3H3,(H,8,10). The summed E-state index contributed by atoms with van der Waals surface area (Å²) in [6.07, 6.45) is -0.497. The first-order valence-electron chi connectivity index (χ1n) is 11.9. The van der Waals surface area contributed by atoms with E-state index < -0.39 is 60.8 Å². The molecule has 0 aromatic rings. The molecule has 0 saturated heterocycles. The lowest BCUT2D eigenvalue weighted by molar-refractivity contribution is -0.159. The molecule has 5 amide bonds. The number of aliphatic hydroxyl groups excluding tert-OH is 1. The fourth-order valence-electron chi connectivity index (χ4n) is 2.06. The van der Waals surface area contributed by atoms with E-state index in [0.29, 0.717) is 5.57 Å². The number of carbonyl (C=O) groups excluding carboxylic acids is 7. The first kappa shape index (κ1) is 36.9. The van der Waals surface area contributed by atoms with E-state index in [0.717, 1.165) is 0 Å². The van der Waals surface area contributed by atoms with Crippen molar-refractivity contribution in [1.82, 2.24) is 26.6 Å². The molecule has 0 bridgehead atoms. The molecule has 0 saturated carbocycles. The number of carbonyl (C=O) groups is 7. The molecule has 0 heterocycles. The van der Waals surface area contributed by atoms with Crippen molar-refractivity contribution in [2.24, 2.45) is 0 Å². The Morgan fingerprint density at radius 1 is 0.692 bits per heavy atom. The number of aliphatic hydroxyl groups is 1. The summed E-state index contributed by atoms with van der Waals surface area (Å²) in [6, 6.07) is -1.66. The molecule has 39 heavy (non-hydrogen) atoms. The van der Waals surface area contributed by atoms with E-state index in [1.54, 1.807) is 13.8 Å². The molecular formula is C24H39N5O10. The van der Waals surface area contributed by atoms with Crippen LogP contribution in [0.25, 0.3) is 0 Å². The Hall–Kier alpha value is -4.27. The van der Waals surface area contributed by atoms with Gasteiger partial charge in [0, 0.05) is 17.7 Å². The van der Waals surface area contributed by atoms with Gasteiger partial charge in [-0.05, 0) is 34.6 Å². The smallest absolute Gasteiger partial charge is 0.340 e. The molecule has 0 aromatic heterocycles. The Morgan fingerprint density at radius 2 is 1.08 bits per heavy atom. The maximum absolute atomic E-state index is 11.9. The molecule has 15 heteroatoms. The van der Waals surface area contributed by atoms with E-state index in [-0.39, 0.29) is 37.8 Å². The van der Waals surface area contributed by atoms with Gasteiger partial charge in [0.05, 0.1) is 39.0 Å². The molecule has 15 nitrogen and oxygen atoms in total. The normalized spacial score (nSPS) is 10.4. The molecule has 220 valence electrons. The summed E-state index contributed by atoms with van der Waals surface area (Å²) in [5.41, 5.74) is 0.686. The molecule has 0 fully saturated rings. The summed E-state index contributed by atoms with van der Waals surface area (Å²) >= 11 is 0. The molecular weight excluding hydrogens is 518 g/mol. The van der Waals surface area contributed by atoms with Gasteiger partial charge < -0.3 is 41.2 Å². The van der Waals surface area contributed by atoms with Gasteiger partial charge in [-0.3, -0.25) is 24.0 Å². The lowest BCUT2D eigenvalue weighted by atomic mass is 10.3. The van der Waals surface area contributed by atoms with E-state index in [2.05, 4.69) is 39.7 Å². The van der Waals surface area contributed by atoms with Crippen LogP contribution < -0.4 is 26.6 Å². The highest BCUT2D eigenvalue weighted by Crippen LogP contribution is 1.95. The average Bonchev–Trinajstić information content (AvgIpc) is 2.86. The Kier molecular flexibility index (Phi) is 19.6. The van der Waals surface area contributed by atoms with Crippen molar-refractivity contribution in [2.75, 3.05) is 39.4 Å². The van der Waals surface area contributed by atoms with Crippen LogP contribution in [0.5, 0.6) is 0 Å². The second-order valence-electron chi connectivity index (χ2n) is 7.86. The monoisotopic (exact) mass is 557 g/mol. The van der Waals surface area contributed by atoms with Crippen LogP contribution in [-0.4, -0.2) is 98.1 Å². The van der Waals surface area contributed by atoms with Crippen molar-refractivity contribution in [3.05, 3.63) is 24.3 Å². The fourth-order valence-corrected chi connectivity index (χ4v) is 2.06. The van der Waals surface area contributed by atoms with Gasteiger partial charge in [-0.15, -0.1) is 0 Å².